The molecule has 1 aliphatic rings. The van der Waals surface area contributed by atoms with E-state index in [1.807, 2.05) is 12.1 Å². The molecule has 0 aliphatic heterocycles. The minimum atomic E-state index is -4.58. The topological polar surface area (TPSA) is 18.5 Å². The summed E-state index contributed by atoms with van der Waals surface area (Å²) >= 11 is 10.9. The Balaban J connectivity index is 1.83. The van der Waals surface area contributed by atoms with E-state index in [4.69, 9.17) is 32.7 Å². The minimum Gasteiger partial charge on any atom is -0.489 e. The monoisotopic (exact) mass is 402 g/mol. The molecule has 0 spiro atoms. The van der Waals surface area contributed by atoms with Gasteiger partial charge in [-0.2, -0.15) is 13.2 Å². The second-order valence-corrected chi connectivity index (χ2v) is 6.85. The summed E-state index contributed by atoms with van der Waals surface area (Å²) in [4.78, 5) is 0. The molecule has 0 saturated heterocycles. The van der Waals surface area contributed by atoms with Crippen LogP contribution in [0.25, 0.3) is 0 Å². The Labute approximate surface area is 159 Å². The van der Waals surface area contributed by atoms with Gasteiger partial charge < -0.3 is 9.47 Å². The van der Waals surface area contributed by atoms with Crippen molar-refractivity contribution in [1.82, 2.24) is 0 Å². The van der Waals surface area contributed by atoms with Crippen LogP contribution < -0.4 is 9.47 Å². The first-order chi connectivity index (χ1) is 12.3. The molecule has 2 aromatic rings. The molecule has 0 heterocycles. The first kappa shape index (κ1) is 18.9. The molecule has 3 rings (SSSR count). The van der Waals surface area contributed by atoms with Crippen LogP contribution in [0.3, 0.4) is 0 Å². The molecule has 7 heteroatoms. The van der Waals surface area contributed by atoms with Crippen molar-refractivity contribution in [2.45, 2.75) is 25.4 Å². The lowest BCUT2D eigenvalue weighted by Gasteiger charge is -2.15. The van der Waals surface area contributed by atoms with Gasteiger partial charge in [-0.1, -0.05) is 29.3 Å². The number of alkyl halides is 3. The van der Waals surface area contributed by atoms with E-state index in [-0.39, 0.29) is 22.6 Å². The fourth-order valence-electron chi connectivity index (χ4n) is 2.86. The van der Waals surface area contributed by atoms with Gasteiger partial charge in [0.25, 0.3) is 0 Å². The molecule has 26 heavy (non-hydrogen) atoms. The van der Waals surface area contributed by atoms with Crippen molar-refractivity contribution in [3.63, 3.8) is 0 Å². The fraction of sp³-hybridized carbons (Fsp3) is 0.263. The molecule has 0 bridgehead atoms. The van der Waals surface area contributed by atoms with Crippen molar-refractivity contribution < 1.29 is 22.6 Å². The van der Waals surface area contributed by atoms with Crippen molar-refractivity contribution >= 4 is 23.2 Å². The van der Waals surface area contributed by atoms with Gasteiger partial charge in [-0.25, -0.2) is 0 Å². The van der Waals surface area contributed by atoms with Gasteiger partial charge in [0, 0.05) is 0 Å². The quantitative estimate of drug-likeness (QED) is 0.554. The highest BCUT2D eigenvalue weighted by Crippen LogP contribution is 2.39. The van der Waals surface area contributed by atoms with Gasteiger partial charge in [0.1, 0.15) is 33.9 Å². The molecular formula is C19H15Cl2F3O2. The Morgan fingerprint density at radius 3 is 2.42 bits per heavy atom. The largest absolute Gasteiger partial charge is 0.489 e. The summed E-state index contributed by atoms with van der Waals surface area (Å²) < 4.78 is 50.7. The molecule has 2 aromatic carbocycles. The van der Waals surface area contributed by atoms with Crippen LogP contribution in [-0.4, -0.2) is 6.61 Å². The predicted octanol–water partition coefficient (Wildman–Crippen LogP) is 6.68. The Hall–Kier alpha value is -1.85. The maximum Gasteiger partial charge on any atom is 0.420 e. The lowest BCUT2D eigenvalue weighted by Crippen LogP contribution is -2.09. The lowest BCUT2D eigenvalue weighted by atomic mass is 10.1. The first-order valence-electron chi connectivity index (χ1n) is 7.98. The Bertz CT molecular complexity index is 828. The number of benzene rings is 2. The number of halogens is 5. The zero-order valence-electron chi connectivity index (χ0n) is 13.6. The van der Waals surface area contributed by atoms with Crippen molar-refractivity contribution in [3.05, 3.63) is 63.7 Å². The molecule has 1 aliphatic carbocycles. The van der Waals surface area contributed by atoms with Gasteiger partial charge in [0.2, 0.25) is 0 Å². The third-order valence-electron chi connectivity index (χ3n) is 4.04. The minimum absolute atomic E-state index is 0.0740. The van der Waals surface area contributed by atoms with Gasteiger partial charge in [-0.3, -0.25) is 0 Å². The Kier molecular flexibility index (Phi) is 5.68. The van der Waals surface area contributed by atoms with Gasteiger partial charge in [-0.15, -0.1) is 0 Å². The highest BCUT2D eigenvalue weighted by atomic mass is 35.5. The number of aryl methyl sites for hydroxylation is 2. The normalized spacial score (nSPS) is 13.3. The van der Waals surface area contributed by atoms with E-state index in [0.717, 1.165) is 25.3 Å². The summed E-state index contributed by atoms with van der Waals surface area (Å²) in [7, 11) is 0. The second-order valence-electron chi connectivity index (χ2n) is 5.85. The average Bonchev–Trinajstić information content (AvgIpc) is 3.02. The number of ether oxygens (including phenoxy) is 2. The van der Waals surface area contributed by atoms with Crippen molar-refractivity contribution in [2.75, 3.05) is 6.61 Å². The molecule has 0 aromatic heterocycles. The number of fused-ring (bicyclic) bond motifs is 1. The van der Waals surface area contributed by atoms with Crippen molar-refractivity contribution in [3.8, 4) is 17.2 Å². The molecule has 0 N–H and O–H groups in total. The SMILES string of the molecule is FC(F)(F)c1cc(Oc2ccc3c(c2)CCC3)ccc1OCC=C(Cl)Cl. The third-order valence-corrected chi connectivity index (χ3v) is 4.35. The van der Waals surface area contributed by atoms with E-state index in [2.05, 4.69) is 0 Å². The van der Waals surface area contributed by atoms with Crippen molar-refractivity contribution in [1.29, 1.82) is 0 Å². The molecule has 0 unspecified atom stereocenters. The summed E-state index contributed by atoms with van der Waals surface area (Å²) in [5.41, 5.74) is 1.53. The molecule has 0 fully saturated rings. The van der Waals surface area contributed by atoms with E-state index >= 15 is 0 Å². The summed E-state index contributed by atoms with van der Waals surface area (Å²) in [5.74, 6) is 0.294. The van der Waals surface area contributed by atoms with Crippen LogP contribution in [0.5, 0.6) is 17.2 Å². The van der Waals surface area contributed by atoms with E-state index in [1.165, 1.54) is 29.3 Å². The van der Waals surface area contributed by atoms with E-state index < -0.39 is 11.7 Å². The van der Waals surface area contributed by atoms with Gasteiger partial charge >= 0.3 is 6.18 Å². The van der Waals surface area contributed by atoms with Crippen LogP contribution in [-0.2, 0) is 19.0 Å². The molecule has 138 valence electrons. The van der Waals surface area contributed by atoms with E-state index in [9.17, 15) is 13.2 Å². The van der Waals surface area contributed by atoms with Crippen LogP contribution in [0, 0.1) is 0 Å². The summed E-state index contributed by atoms with van der Waals surface area (Å²) in [6.45, 7) is -0.170. The number of hydrogen-bond acceptors (Lipinski definition) is 2. The smallest absolute Gasteiger partial charge is 0.420 e. The fourth-order valence-corrected chi connectivity index (χ4v) is 2.99. The maximum absolute atomic E-state index is 13.3. The summed E-state index contributed by atoms with van der Waals surface area (Å²) in [6, 6.07) is 9.20. The van der Waals surface area contributed by atoms with Gasteiger partial charge in [0.05, 0.1) is 0 Å². The van der Waals surface area contributed by atoms with Crippen LogP contribution in [0.1, 0.15) is 23.1 Å². The molecule has 0 atom stereocenters. The van der Waals surface area contributed by atoms with Crippen LogP contribution in [0.2, 0.25) is 0 Å². The summed E-state index contributed by atoms with van der Waals surface area (Å²) in [6.07, 6.45) is -0.243. The Morgan fingerprint density at radius 2 is 1.69 bits per heavy atom. The summed E-state index contributed by atoms with van der Waals surface area (Å²) in [5, 5.41) is 0. The highest BCUT2D eigenvalue weighted by molar-refractivity contribution is 6.55. The Morgan fingerprint density at radius 1 is 1.00 bits per heavy atom. The van der Waals surface area contributed by atoms with Gasteiger partial charge in [-0.05, 0) is 66.8 Å². The zero-order chi connectivity index (χ0) is 18.7. The average molecular weight is 403 g/mol. The predicted molar refractivity (Wildman–Crippen MR) is 95.3 cm³/mol. The van der Waals surface area contributed by atoms with Crippen LogP contribution in [0.4, 0.5) is 13.2 Å². The molecule has 0 amide bonds. The number of rotatable bonds is 5. The maximum atomic E-state index is 13.3. The molecule has 0 radical (unpaired) electrons. The van der Waals surface area contributed by atoms with Crippen molar-refractivity contribution in [2.24, 2.45) is 0 Å². The second kappa shape index (κ2) is 7.80. The van der Waals surface area contributed by atoms with Crippen LogP contribution in [0.15, 0.2) is 47.0 Å². The van der Waals surface area contributed by atoms with E-state index in [0.29, 0.717) is 5.75 Å². The third kappa shape index (κ3) is 4.65. The van der Waals surface area contributed by atoms with Crippen LogP contribution >= 0.6 is 23.2 Å². The lowest BCUT2D eigenvalue weighted by molar-refractivity contribution is -0.138. The molecule has 2 nitrogen and oxygen atoms in total. The van der Waals surface area contributed by atoms with Gasteiger partial charge in [0.15, 0.2) is 0 Å². The van der Waals surface area contributed by atoms with E-state index in [1.54, 1.807) is 6.07 Å². The highest BCUT2D eigenvalue weighted by Gasteiger charge is 2.35. The number of hydrogen-bond donors (Lipinski definition) is 0. The first-order valence-corrected chi connectivity index (χ1v) is 8.73. The molecular weight excluding hydrogens is 388 g/mol. The standard InChI is InChI=1S/C19H15Cl2F3O2/c20-18(21)8-9-25-17-7-6-15(11-16(17)19(22,23)24)26-14-5-4-12-2-1-3-13(12)10-14/h4-8,10-11H,1-3,9H2. The molecule has 0 saturated carbocycles. The zero-order valence-corrected chi connectivity index (χ0v) is 15.1.